The second-order valence-electron chi connectivity index (χ2n) is 7.69. The number of hydrogen-bond acceptors (Lipinski definition) is 2. The number of rotatable bonds is 3. The highest BCUT2D eigenvalue weighted by atomic mass is 16.4. The van der Waals surface area contributed by atoms with E-state index in [4.69, 9.17) is 0 Å². The topological polar surface area (TPSA) is 69.6 Å². The highest BCUT2D eigenvalue weighted by Crippen LogP contribution is 2.34. The van der Waals surface area contributed by atoms with E-state index in [1.165, 1.54) is 16.7 Å². The number of amides is 2. The Morgan fingerprint density at radius 3 is 2.75 bits per heavy atom. The van der Waals surface area contributed by atoms with Crippen molar-refractivity contribution >= 4 is 12.0 Å². The number of carbonyl (C=O) groups excluding carboxylic acids is 1. The minimum Gasteiger partial charge on any atom is -0.481 e. The van der Waals surface area contributed by atoms with Crippen molar-refractivity contribution in [1.82, 2.24) is 10.2 Å². The van der Waals surface area contributed by atoms with Gasteiger partial charge in [0.15, 0.2) is 0 Å². The molecule has 1 aliphatic carbocycles. The van der Waals surface area contributed by atoms with Crippen LogP contribution in [-0.2, 0) is 11.2 Å². The normalized spacial score (nSPS) is 25.8. The molecule has 2 aliphatic rings. The molecule has 5 heteroatoms. The highest BCUT2D eigenvalue weighted by molar-refractivity contribution is 5.79. The van der Waals surface area contributed by atoms with E-state index in [0.717, 1.165) is 12.8 Å². The fourth-order valence-electron chi connectivity index (χ4n) is 3.68. The van der Waals surface area contributed by atoms with Gasteiger partial charge < -0.3 is 15.3 Å². The lowest BCUT2D eigenvalue weighted by Gasteiger charge is -2.23. The average Bonchev–Trinajstić information content (AvgIpc) is 3.12. The Labute approximate surface area is 143 Å². The molecule has 24 heavy (non-hydrogen) atoms. The number of urea groups is 1. The number of carbonyl (C=O) groups is 2. The third kappa shape index (κ3) is 2.99. The average molecular weight is 330 g/mol. The summed E-state index contributed by atoms with van der Waals surface area (Å²) in [6, 6.07) is 6.44. The standard InChI is InChI=1S/C19H26N2O3/c1-12(2)14-5-4-13-6-7-16(15(13)10-14)20-18(24)21-9-8-19(3,11-21)17(22)23/h4-5,10,12,16H,6-9,11H2,1-3H3,(H,20,24)(H,22,23). The van der Waals surface area contributed by atoms with Crippen molar-refractivity contribution in [3.8, 4) is 0 Å². The number of carboxylic acids is 1. The monoisotopic (exact) mass is 330 g/mol. The zero-order chi connectivity index (χ0) is 17.5. The maximum absolute atomic E-state index is 12.6. The number of nitrogens with one attached hydrogen (secondary N) is 1. The van der Waals surface area contributed by atoms with Crippen molar-refractivity contribution in [1.29, 1.82) is 0 Å². The third-order valence-electron chi connectivity index (χ3n) is 5.49. The van der Waals surface area contributed by atoms with Crippen LogP contribution < -0.4 is 5.32 Å². The van der Waals surface area contributed by atoms with Crippen molar-refractivity contribution in [3.63, 3.8) is 0 Å². The molecule has 0 spiro atoms. The van der Waals surface area contributed by atoms with Crippen LogP contribution in [0.3, 0.4) is 0 Å². The summed E-state index contributed by atoms with van der Waals surface area (Å²) in [4.78, 5) is 25.5. The molecule has 2 atom stereocenters. The van der Waals surface area contributed by atoms with Crippen LogP contribution in [0.4, 0.5) is 4.79 Å². The van der Waals surface area contributed by atoms with E-state index in [9.17, 15) is 14.7 Å². The Morgan fingerprint density at radius 2 is 2.12 bits per heavy atom. The van der Waals surface area contributed by atoms with E-state index >= 15 is 0 Å². The van der Waals surface area contributed by atoms with E-state index in [1.807, 2.05) is 0 Å². The lowest BCUT2D eigenvalue weighted by Crippen LogP contribution is -2.42. The number of likely N-dealkylation sites (tertiary alicyclic amines) is 1. The summed E-state index contributed by atoms with van der Waals surface area (Å²) in [6.07, 6.45) is 2.40. The Bertz CT molecular complexity index is 671. The summed E-state index contributed by atoms with van der Waals surface area (Å²) in [6.45, 7) is 6.82. The van der Waals surface area contributed by atoms with E-state index in [1.54, 1.807) is 11.8 Å². The zero-order valence-electron chi connectivity index (χ0n) is 14.6. The minimum absolute atomic E-state index is 0.0304. The number of benzene rings is 1. The van der Waals surface area contributed by atoms with Crippen molar-refractivity contribution in [2.24, 2.45) is 5.41 Å². The summed E-state index contributed by atoms with van der Waals surface area (Å²) in [7, 11) is 0. The van der Waals surface area contributed by atoms with E-state index in [2.05, 4.69) is 37.4 Å². The fourth-order valence-corrected chi connectivity index (χ4v) is 3.68. The number of nitrogens with zero attached hydrogens (tertiary/aromatic N) is 1. The molecule has 3 rings (SSSR count). The maximum Gasteiger partial charge on any atom is 0.317 e. The summed E-state index contributed by atoms with van der Waals surface area (Å²) in [5.74, 6) is -0.368. The molecule has 130 valence electrons. The van der Waals surface area contributed by atoms with Crippen molar-refractivity contribution < 1.29 is 14.7 Å². The van der Waals surface area contributed by atoms with Gasteiger partial charge in [0.25, 0.3) is 0 Å². The molecule has 0 radical (unpaired) electrons. The molecule has 1 aromatic carbocycles. The quantitative estimate of drug-likeness (QED) is 0.893. The van der Waals surface area contributed by atoms with Crippen LogP contribution in [0.2, 0.25) is 0 Å². The van der Waals surface area contributed by atoms with Crippen molar-refractivity contribution in [2.45, 2.75) is 52.0 Å². The molecule has 1 heterocycles. The maximum atomic E-state index is 12.6. The predicted molar refractivity (Wildman–Crippen MR) is 92.1 cm³/mol. The number of carboxylic acid groups (broad SMARTS) is 1. The molecule has 2 amide bonds. The molecular weight excluding hydrogens is 304 g/mol. The van der Waals surface area contributed by atoms with Crippen LogP contribution in [0.1, 0.15) is 62.3 Å². The molecule has 1 aliphatic heterocycles. The Balaban J connectivity index is 1.70. The van der Waals surface area contributed by atoms with Crippen LogP contribution in [0.15, 0.2) is 18.2 Å². The lowest BCUT2D eigenvalue weighted by molar-refractivity contribution is -0.147. The first-order chi connectivity index (χ1) is 11.3. The van der Waals surface area contributed by atoms with Gasteiger partial charge in [-0.3, -0.25) is 4.79 Å². The van der Waals surface area contributed by atoms with Gasteiger partial charge >= 0.3 is 12.0 Å². The first-order valence-electron chi connectivity index (χ1n) is 8.72. The lowest BCUT2D eigenvalue weighted by atomic mass is 9.90. The van der Waals surface area contributed by atoms with Gasteiger partial charge in [-0.15, -0.1) is 0 Å². The number of fused-ring (bicyclic) bond motifs is 1. The van der Waals surface area contributed by atoms with Gasteiger partial charge in [-0.05, 0) is 48.8 Å². The van der Waals surface area contributed by atoms with Gasteiger partial charge in [0.2, 0.25) is 0 Å². The summed E-state index contributed by atoms with van der Waals surface area (Å²) < 4.78 is 0. The van der Waals surface area contributed by atoms with Gasteiger partial charge in [-0.25, -0.2) is 4.79 Å². The van der Waals surface area contributed by atoms with Crippen molar-refractivity contribution in [2.75, 3.05) is 13.1 Å². The third-order valence-corrected chi connectivity index (χ3v) is 5.49. The van der Waals surface area contributed by atoms with Gasteiger partial charge in [0.1, 0.15) is 0 Å². The minimum atomic E-state index is -0.828. The van der Waals surface area contributed by atoms with Crippen LogP contribution in [-0.4, -0.2) is 35.1 Å². The molecule has 0 bridgehead atoms. The number of aryl methyl sites for hydroxylation is 1. The fraction of sp³-hybridized carbons (Fsp3) is 0.579. The van der Waals surface area contributed by atoms with Gasteiger partial charge in [-0.1, -0.05) is 32.0 Å². The van der Waals surface area contributed by atoms with Gasteiger partial charge in [-0.2, -0.15) is 0 Å². The van der Waals surface area contributed by atoms with E-state index in [0.29, 0.717) is 18.9 Å². The van der Waals surface area contributed by atoms with E-state index < -0.39 is 11.4 Å². The predicted octanol–water partition coefficient (Wildman–Crippen LogP) is 3.30. The first kappa shape index (κ1) is 16.8. The van der Waals surface area contributed by atoms with Crippen LogP contribution in [0.5, 0.6) is 0 Å². The molecule has 1 saturated heterocycles. The van der Waals surface area contributed by atoms with Gasteiger partial charge in [0.05, 0.1) is 11.5 Å². The Morgan fingerprint density at radius 1 is 1.38 bits per heavy atom. The first-order valence-corrected chi connectivity index (χ1v) is 8.72. The number of hydrogen-bond donors (Lipinski definition) is 2. The molecule has 1 aromatic rings. The molecule has 5 nitrogen and oxygen atoms in total. The number of aliphatic carboxylic acids is 1. The molecule has 2 unspecified atom stereocenters. The molecule has 0 saturated carbocycles. The van der Waals surface area contributed by atoms with Crippen LogP contribution >= 0.6 is 0 Å². The summed E-state index contributed by atoms with van der Waals surface area (Å²) >= 11 is 0. The second-order valence-corrected chi connectivity index (χ2v) is 7.69. The second kappa shape index (κ2) is 6.11. The summed E-state index contributed by atoms with van der Waals surface area (Å²) in [5.41, 5.74) is 2.99. The Kier molecular flexibility index (Phi) is 4.28. The van der Waals surface area contributed by atoms with E-state index in [-0.39, 0.29) is 18.6 Å². The molecular formula is C19H26N2O3. The Hall–Kier alpha value is -2.04. The molecule has 0 aromatic heterocycles. The zero-order valence-corrected chi connectivity index (χ0v) is 14.6. The SMILES string of the molecule is CC(C)c1ccc2c(c1)C(NC(=O)N1CCC(C)(C(=O)O)C1)CC2. The van der Waals surface area contributed by atoms with Crippen LogP contribution in [0, 0.1) is 5.41 Å². The van der Waals surface area contributed by atoms with Gasteiger partial charge in [0, 0.05) is 13.1 Å². The molecule has 2 N–H and O–H groups in total. The summed E-state index contributed by atoms with van der Waals surface area (Å²) in [5, 5.41) is 12.4. The molecule has 1 fully saturated rings. The highest BCUT2D eigenvalue weighted by Gasteiger charge is 2.42. The largest absolute Gasteiger partial charge is 0.481 e. The smallest absolute Gasteiger partial charge is 0.317 e. The van der Waals surface area contributed by atoms with Crippen molar-refractivity contribution in [3.05, 3.63) is 34.9 Å². The van der Waals surface area contributed by atoms with Crippen LogP contribution in [0.25, 0.3) is 0 Å².